The van der Waals surface area contributed by atoms with Gasteiger partial charge in [0.1, 0.15) is 12.4 Å². The van der Waals surface area contributed by atoms with Gasteiger partial charge in [-0.25, -0.2) is 9.78 Å². The summed E-state index contributed by atoms with van der Waals surface area (Å²) in [6, 6.07) is 8.88. The van der Waals surface area contributed by atoms with Crippen LogP contribution in [0.2, 0.25) is 0 Å². The minimum Gasteiger partial charge on any atom is -0.492 e. The largest absolute Gasteiger partial charge is 0.492 e. The molecule has 0 aromatic heterocycles. The molecule has 1 aliphatic heterocycles. The van der Waals surface area contributed by atoms with Crippen molar-refractivity contribution < 1.29 is 14.5 Å². The molecule has 0 spiro atoms. The first-order valence-corrected chi connectivity index (χ1v) is 14.4. The van der Waals surface area contributed by atoms with Gasteiger partial charge in [-0.1, -0.05) is 38.8 Å². The molecule has 7 atom stereocenters. The molecule has 34 heavy (non-hydrogen) atoms. The van der Waals surface area contributed by atoms with E-state index in [1.54, 1.807) is 0 Å². The second-order valence-corrected chi connectivity index (χ2v) is 12.1. The number of rotatable bonds is 8. The maximum atomic E-state index is 6.24. The van der Waals surface area contributed by atoms with E-state index in [0.717, 1.165) is 43.6 Å². The van der Waals surface area contributed by atoms with Gasteiger partial charge in [0.15, 0.2) is 0 Å². The van der Waals surface area contributed by atoms with E-state index in [9.17, 15) is 0 Å². The molecule has 0 amide bonds. The van der Waals surface area contributed by atoms with Crippen molar-refractivity contribution in [3.05, 3.63) is 29.8 Å². The van der Waals surface area contributed by atoms with Crippen molar-refractivity contribution in [3.8, 4) is 5.75 Å². The Kier molecular flexibility index (Phi) is 8.50. The molecule has 3 saturated carbocycles. The Balaban J connectivity index is 1.07. The van der Waals surface area contributed by atoms with Gasteiger partial charge in [0, 0.05) is 6.54 Å². The lowest BCUT2D eigenvalue weighted by molar-refractivity contribution is -0.377. The molecule has 7 unspecified atom stereocenters. The van der Waals surface area contributed by atoms with Crippen LogP contribution >= 0.6 is 0 Å². The molecule has 5 rings (SSSR count). The van der Waals surface area contributed by atoms with Gasteiger partial charge in [-0.05, 0) is 118 Å². The van der Waals surface area contributed by atoms with Crippen molar-refractivity contribution in [1.82, 2.24) is 4.90 Å². The van der Waals surface area contributed by atoms with Crippen molar-refractivity contribution >= 4 is 0 Å². The minimum absolute atomic E-state index is 0.227. The zero-order valence-corrected chi connectivity index (χ0v) is 21.6. The van der Waals surface area contributed by atoms with E-state index < -0.39 is 0 Å². The number of fused-ring (bicyclic) bond motifs is 2. The molecular weight excluding hydrogens is 422 g/mol. The Bertz CT molecular complexity index is 742. The van der Waals surface area contributed by atoms with Gasteiger partial charge < -0.3 is 4.74 Å². The quantitative estimate of drug-likeness (QED) is 0.303. The maximum absolute atomic E-state index is 6.24. The molecule has 4 nitrogen and oxygen atoms in total. The van der Waals surface area contributed by atoms with E-state index in [2.05, 4.69) is 43.0 Å². The number of piperidine rings is 1. The molecule has 4 heteroatoms. The number of hydrogen-bond acceptors (Lipinski definition) is 4. The molecule has 1 heterocycles. The number of likely N-dealkylation sites (tertiary alicyclic amines) is 1. The van der Waals surface area contributed by atoms with Crippen LogP contribution in [0.25, 0.3) is 0 Å². The predicted molar refractivity (Wildman–Crippen MR) is 137 cm³/mol. The summed E-state index contributed by atoms with van der Waals surface area (Å²) in [4.78, 5) is 14.9. The molecule has 3 aliphatic carbocycles. The summed E-state index contributed by atoms with van der Waals surface area (Å²) in [7, 11) is 0. The summed E-state index contributed by atoms with van der Waals surface area (Å²) in [6.07, 6.45) is 14.6. The highest BCUT2D eigenvalue weighted by Crippen LogP contribution is 2.46. The third-order valence-corrected chi connectivity index (χ3v) is 9.21. The Morgan fingerprint density at radius 1 is 0.824 bits per heavy atom. The highest BCUT2D eigenvalue weighted by atomic mass is 17.2. The van der Waals surface area contributed by atoms with E-state index in [0.29, 0.717) is 23.9 Å². The third kappa shape index (κ3) is 6.36. The van der Waals surface area contributed by atoms with Crippen LogP contribution in [0, 0.1) is 23.7 Å². The van der Waals surface area contributed by atoms with E-state index in [4.69, 9.17) is 14.5 Å². The van der Waals surface area contributed by atoms with E-state index >= 15 is 0 Å². The van der Waals surface area contributed by atoms with Gasteiger partial charge in [-0.3, -0.25) is 4.90 Å². The molecule has 4 aliphatic rings. The van der Waals surface area contributed by atoms with Gasteiger partial charge in [0.2, 0.25) is 0 Å². The molecule has 1 saturated heterocycles. The summed E-state index contributed by atoms with van der Waals surface area (Å²) < 4.78 is 6.04. The van der Waals surface area contributed by atoms with E-state index in [1.807, 2.05) is 0 Å². The van der Waals surface area contributed by atoms with Gasteiger partial charge in [0.05, 0.1) is 12.2 Å². The number of ether oxygens (including phenoxy) is 1. The van der Waals surface area contributed by atoms with Crippen molar-refractivity contribution in [2.45, 2.75) is 103 Å². The molecule has 1 aromatic rings. The summed E-state index contributed by atoms with van der Waals surface area (Å²) >= 11 is 0. The first-order chi connectivity index (χ1) is 16.6. The summed E-state index contributed by atoms with van der Waals surface area (Å²) in [5.74, 6) is 4.64. The third-order valence-electron chi connectivity index (χ3n) is 9.21. The summed E-state index contributed by atoms with van der Waals surface area (Å²) in [6.45, 7) is 9.10. The van der Waals surface area contributed by atoms with Crippen LogP contribution in [0.4, 0.5) is 0 Å². The van der Waals surface area contributed by atoms with Crippen LogP contribution in [-0.4, -0.2) is 43.3 Å². The standard InChI is InChI=1S/C30H47NO3/c1-22-17-24-19-23(2)30(27(18-22)20-24)34-33-29-8-6-7-26(21-29)25-9-11-28(12-10-25)32-16-15-31-13-4-3-5-14-31/h9-12,22-24,26-27,29-30H,3-8,13-21H2,1-2H3. The summed E-state index contributed by atoms with van der Waals surface area (Å²) in [5.41, 5.74) is 1.42. The highest BCUT2D eigenvalue weighted by Gasteiger charge is 2.41. The SMILES string of the molecule is CC1CC2CC(C)C(OOC3CCCC(c4ccc(OCCN5CCCCC5)cc4)C3)C(C1)C2. The lowest BCUT2D eigenvalue weighted by atomic mass is 9.64. The van der Waals surface area contributed by atoms with Crippen LogP contribution in [-0.2, 0) is 9.78 Å². The van der Waals surface area contributed by atoms with Crippen molar-refractivity contribution in [3.63, 3.8) is 0 Å². The fraction of sp³-hybridized carbons (Fsp3) is 0.800. The van der Waals surface area contributed by atoms with Gasteiger partial charge in [0.25, 0.3) is 0 Å². The van der Waals surface area contributed by atoms with Crippen molar-refractivity contribution in [2.75, 3.05) is 26.2 Å². The zero-order valence-electron chi connectivity index (χ0n) is 21.6. The topological polar surface area (TPSA) is 30.9 Å². The average molecular weight is 470 g/mol. The lowest BCUT2D eigenvalue weighted by Crippen LogP contribution is -2.42. The second kappa shape index (κ2) is 11.8. The fourth-order valence-corrected chi connectivity index (χ4v) is 7.55. The first-order valence-electron chi connectivity index (χ1n) is 14.4. The van der Waals surface area contributed by atoms with Crippen molar-refractivity contribution in [1.29, 1.82) is 0 Å². The molecule has 1 aromatic carbocycles. The van der Waals surface area contributed by atoms with Gasteiger partial charge in [-0.2, -0.15) is 0 Å². The molecule has 4 fully saturated rings. The Labute approximate surface area is 207 Å². The maximum Gasteiger partial charge on any atom is 0.119 e. The van der Waals surface area contributed by atoms with E-state index in [-0.39, 0.29) is 6.10 Å². The molecule has 0 radical (unpaired) electrons. The van der Waals surface area contributed by atoms with Crippen molar-refractivity contribution in [2.24, 2.45) is 23.7 Å². The van der Waals surface area contributed by atoms with Crippen LogP contribution in [0.15, 0.2) is 24.3 Å². The highest BCUT2D eigenvalue weighted by molar-refractivity contribution is 5.29. The van der Waals surface area contributed by atoms with Gasteiger partial charge >= 0.3 is 0 Å². The van der Waals surface area contributed by atoms with Crippen LogP contribution < -0.4 is 4.74 Å². The summed E-state index contributed by atoms with van der Waals surface area (Å²) in [5, 5.41) is 0. The Morgan fingerprint density at radius 3 is 2.47 bits per heavy atom. The minimum atomic E-state index is 0.227. The first kappa shape index (κ1) is 24.6. The predicted octanol–water partition coefficient (Wildman–Crippen LogP) is 6.99. The van der Waals surface area contributed by atoms with Crippen LogP contribution in [0.1, 0.15) is 96.0 Å². The normalized spacial score (nSPS) is 36.8. The Morgan fingerprint density at radius 2 is 1.65 bits per heavy atom. The Hall–Kier alpha value is -1.10. The second-order valence-electron chi connectivity index (χ2n) is 12.1. The molecule has 190 valence electrons. The number of benzene rings is 1. The number of hydrogen-bond donors (Lipinski definition) is 0. The van der Waals surface area contributed by atoms with Crippen LogP contribution in [0.3, 0.4) is 0 Å². The monoisotopic (exact) mass is 469 g/mol. The van der Waals surface area contributed by atoms with E-state index in [1.165, 1.54) is 76.4 Å². The lowest BCUT2D eigenvalue weighted by Gasteiger charge is -2.45. The smallest absolute Gasteiger partial charge is 0.119 e. The molecular formula is C30H47NO3. The molecule has 2 bridgehead atoms. The fourth-order valence-electron chi connectivity index (χ4n) is 7.55. The average Bonchev–Trinajstić information content (AvgIpc) is 2.85. The molecule has 0 N–H and O–H groups in total. The zero-order chi connectivity index (χ0) is 23.3. The van der Waals surface area contributed by atoms with Gasteiger partial charge in [-0.15, -0.1) is 0 Å². The number of nitrogens with zero attached hydrogens (tertiary/aromatic N) is 1. The van der Waals surface area contributed by atoms with Crippen LogP contribution in [0.5, 0.6) is 5.75 Å².